The van der Waals surface area contributed by atoms with Crippen LogP contribution in [0.15, 0.2) is 18.2 Å². The average Bonchev–Trinajstić information content (AvgIpc) is 2.26. The molecule has 0 atom stereocenters. The first-order chi connectivity index (χ1) is 7.11. The Labute approximate surface area is 89.8 Å². The Morgan fingerprint density at radius 3 is 2.20 bits per heavy atom. The van der Waals surface area contributed by atoms with Crippen molar-refractivity contribution in [2.75, 3.05) is 0 Å². The van der Waals surface area contributed by atoms with E-state index >= 15 is 0 Å². The average molecular weight is 225 g/mol. The molecule has 0 bridgehead atoms. The summed E-state index contributed by atoms with van der Waals surface area (Å²) in [5.41, 5.74) is -0.388. The fourth-order valence-electron chi connectivity index (χ4n) is 1.10. The minimum absolute atomic E-state index is 0.0280. The second-order valence-corrected chi connectivity index (χ2v) is 3.03. The summed E-state index contributed by atoms with van der Waals surface area (Å²) in [6.07, 6.45) is 0.107. The number of hydrogen-bond acceptors (Lipinski definition) is 4. The van der Waals surface area contributed by atoms with Gasteiger partial charge in [-0.05, 0) is 6.07 Å². The molecule has 0 spiro atoms. The van der Waals surface area contributed by atoms with E-state index in [-0.39, 0.29) is 28.7 Å². The molecule has 4 nitrogen and oxygen atoms in total. The summed E-state index contributed by atoms with van der Waals surface area (Å²) in [5.74, 6) is -1.81. The molecule has 1 aromatic rings. The molecule has 0 N–H and O–H groups in total. The van der Waals surface area contributed by atoms with Crippen LogP contribution in [-0.2, 0) is 9.59 Å². The summed E-state index contributed by atoms with van der Waals surface area (Å²) in [4.78, 5) is 42.9. The van der Waals surface area contributed by atoms with Gasteiger partial charge in [0, 0.05) is 5.56 Å². The van der Waals surface area contributed by atoms with Crippen LogP contribution in [0.5, 0.6) is 0 Å². The Kier molecular flexibility index (Phi) is 3.46. The van der Waals surface area contributed by atoms with Crippen molar-refractivity contribution in [2.24, 2.45) is 0 Å². The normalized spacial score (nSPS) is 9.40. The Balaban J connectivity index is 3.45. The summed E-state index contributed by atoms with van der Waals surface area (Å²) in [5, 5.41) is -0.0280. The number of carbonyl (C=O) groups excluding carboxylic acids is 4. The third kappa shape index (κ3) is 2.16. The van der Waals surface area contributed by atoms with Crippen molar-refractivity contribution in [1.29, 1.82) is 0 Å². The van der Waals surface area contributed by atoms with Gasteiger partial charge >= 0.3 is 0 Å². The maximum atomic E-state index is 11.2. The van der Waals surface area contributed by atoms with Crippen LogP contribution < -0.4 is 0 Å². The molecular formula is C10H5ClO4. The molecule has 0 radical (unpaired) electrons. The summed E-state index contributed by atoms with van der Waals surface area (Å²) < 4.78 is 0. The molecule has 5 heteroatoms. The molecule has 0 aliphatic rings. The van der Waals surface area contributed by atoms with Gasteiger partial charge in [-0.3, -0.25) is 19.2 Å². The first-order valence-corrected chi connectivity index (χ1v) is 4.27. The predicted octanol–water partition coefficient (Wildman–Crippen LogP) is 1.10. The minimum Gasteiger partial charge on any atom is -0.294 e. The van der Waals surface area contributed by atoms with Gasteiger partial charge in [0.1, 0.15) is 0 Å². The number of benzene rings is 1. The lowest BCUT2D eigenvalue weighted by atomic mass is 10.0. The lowest BCUT2D eigenvalue weighted by Gasteiger charge is -2.03. The SMILES string of the molecule is O=CC(=O)c1cccc(Cl)c1C(=O)C=O. The van der Waals surface area contributed by atoms with E-state index in [0.29, 0.717) is 0 Å². The first kappa shape index (κ1) is 11.3. The molecule has 1 aromatic carbocycles. The van der Waals surface area contributed by atoms with Crippen molar-refractivity contribution in [3.8, 4) is 0 Å². The molecule has 0 saturated carbocycles. The zero-order chi connectivity index (χ0) is 11.4. The van der Waals surface area contributed by atoms with E-state index in [1.54, 1.807) is 0 Å². The number of rotatable bonds is 4. The van der Waals surface area contributed by atoms with Gasteiger partial charge in [-0.15, -0.1) is 0 Å². The number of halogens is 1. The zero-order valence-electron chi connectivity index (χ0n) is 7.40. The van der Waals surface area contributed by atoms with Crippen LogP contribution in [0.2, 0.25) is 5.02 Å². The lowest BCUT2D eigenvalue weighted by molar-refractivity contribution is -0.105. The molecule has 1 rings (SSSR count). The Bertz CT molecular complexity index is 451. The van der Waals surface area contributed by atoms with Gasteiger partial charge in [-0.2, -0.15) is 0 Å². The number of aldehydes is 2. The topological polar surface area (TPSA) is 68.3 Å². The maximum absolute atomic E-state index is 11.2. The van der Waals surface area contributed by atoms with E-state index in [2.05, 4.69) is 0 Å². The van der Waals surface area contributed by atoms with Crippen molar-refractivity contribution >= 4 is 35.7 Å². The van der Waals surface area contributed by atoms with Crippen molar-refractivity contribution in [3.05, 3.63) is 34.3 Å². The molecule has 0 aliphatic heterocycles. The van der Waals surface area contributed by atoms with Gasteiger partial charge < -0.3 is 0 Å². The molecule has 0 amide bonds. The third-order valence-electron chi connectivity index (χ3n) is 1.74. The molecule has 15 heavy (non-hydrogen) atoms. The highest BCUT2D eigenvalue weighted by Crippen LogP contribution is 2.20. The van der Waals surface area contributed by atoms with E-state index in [1.165, 1.54) is 18.2 Å². The summed E-state index contributed by atoms with van der Waals surface area (Å²) in [6, 6.07) is 4.04. The van der Waals surface area contributed by atoms with E-state index in [4.69, 9.17) is 11.6 Å². The highest BCUT2D eigenvalue weighted by atomic mass is 35.5. The van der Waals surface area contributed by atoms with Gasteiger partial charge in [0.15, 0.2) is 12.6 Å². The molecule has 0 aromatic heterocycles. The van der Waals surface area contributed by atoms with Crippen molar-refractivity contribution < 1.29 is 19.2 Å². The number of ketones is 2. The van der Waals surface area contributed by atoms with E-state index in [0.717, 1.165) is 0 Å². The standard InChI is InChI=1S/C10H5ClO4/c11-7-3-1-2-6(8(14)4-12)10(7)9(15)5-13/h1-5H. The smallest absolute Gasteiger partial charge is 0.227 e. The lowest BCUT2D eigenvalue weighted by Crippen LogP contribution is -2.11. The van der Waals surface area contributed by atoms with Gasteiger partial charge in [0.25, 0.3) is 0 Å². The van der Waals surface area contributed by atoms with Crippen LogP contribution >= 0.6 is 11.6 Å². The summed E-state index contributed by atoms with van der Waals surface area (Å²) in [7, 11) is 0. The van der Waals surface area contributed by atoms with Crippen LogP contribution in [0.1, 0.15) is 20.7 Å². The monoisotopic (exact) mass is 224 g/mol. The summed E-state index contributed by atoms with van der Waals surface area (Å²) >= 11 is 5.66. The van der Waals surface area contributed by atoms with E-state index in [1.807, 2.05) is 0 Å². The van der Waals surface area contributed by atoms with E-state index < -0.39 is 11.6 Å². The minimum atomic E-state index is -0.925. The quantitative estimate of drug-likeness (QED) is 0.436. The molecule has 0 unspecified atom stereocenters. The number of hydrogen-bond donors (Lipinski definition) is 0. The number of carbonyl (C=O) groups is 4. The van der Waals surface area contributed by atoms with Crippen LogP contribution in [0.25, 0.3) is 0 Å². The van der Waals surface area contributed by atoms with Crippen molar-refractivity contribution in [3.63, 3.8) is 0 Å². The molecule has 0 heterocycles. The van der Waals surface area contributed by atoms with Crippen LogP contribution in [0, 0.1) is 0 Å². The third-order valence-corrected chi connectivity index (χ3v) is 2.05. The highest BCUT2D eigenvalue weighted by Gasteiger charge is 2.18. The second kappa shape index (κ2) is 4.61. The Morgan fingerprint density at radius 1 is 1.07 bits per heavy atom. The first-order valence-electron chi connectivity index (χ1n) is 3.89. The van der Waals surface area contributed by atoms with E-state index in [9.17, 15) is 19.2 Å². The highest BCUT2D eigenvalue weighted by molar-refractivity contribution is 6.45. The van der Waals surface area contributed by atoms with Crippen LogP contribution in [-0.4, -0.2) is 24.1 Å². The number of Topliss-reactive ketones (excluding diaryl/α,β-unsaturated/α-hetero) is 2. The Morgan fingerprint density at radius 2 is 1.67 bits per heavy atom. The maximum Gasteiger partial charge on any atom is 0.227 e. The van der Waals surface area contributed by atoms with Gasteiger partial charge in [-0.25, -0.2) is 0 Å². The molecule has 0 fully saturated rings. The fraction of sp³-hybridized carbons (Fsp3) is 0. The van der Waals surface area contributed by atoms with Gasteiger partial charge in [-0.1, -0.05) is 23.7 Å². The molecule has 76 valence electrons. The molecule has 0 aliphatic carbocycles. The van der Waals surface area contributed by atoms with Gasteiger partial charge in [0.05, 0.1) is 10.6 Å². The molecule has 0 saturated heterocycles. The summed E-state index contributed by atoms with van der Waals surface area (Å²) in [6.45, 7) is 0. The molecular weight excluding hydrogens is 220 g/mol. The van der Waals surface area contributed by atoms with Crippen molar-refractivity contribution in [1.82, 2.24) is 0 Å². The fourth-order valence-corrected chi connectivity index (χ4v) is 1.37. The zero-order valence-corrected chi connectivity index (χ0v) is 8.15. The largest absolute Gasteiger partial charge is 0.294 e. The van der Waals surface area contributed by atoms with Gasteiger partial charge in [0.2, 0.25) is 11.6 Å². The van der Waals surface area contributed by atoms with Crippen LogP contribution in [0.4, 0.5) is 0 Å². The predicted molar refractivity (Wildman–Crippen MR) is 52.2 cm³/mol. The van der Waals surface area contributed by atoms with Crippen LogP contribution in [0.3, 0.4) is 0 Å². The Hall–Kier alpha value is -1.81. The van der Waals surface area contributed by atoms with Crippen molar-refractivity contribution in [2.45, 2.75) is 0 Å². The second-order valence-electron chi connectivity index (χ2n) is 2.63.